The van der Waals surface area contributed by atoms with Crippen molar-refractivity contribution in [2.75, 3.05) is 12.0 Å². The minimum Gasteiger partial charge on any atom is -0.390 e. The highest BCUT2D eigenvalue weighted by Crippen LogP contribution is 2.48. The van der Waals surface area contributed by atoms with Crippen LogP contribution in [-0.4, -0.2) is 63.0 Å². The number of benzene rings is 2. The number of nitrogens with two attached hydrogens (primary N) is 1. The summed E-state index contributed by atoms with van der Waals surface area (Å²) in [6, 6.07) is 14.8. The molecule has 1 heterocycles. The van der Waals surface area contributed by atoms with Crippen LogP contribution in [0.5, 0.6) is 0 Å². The molecule has 37 heavy (non-hydrogen) atoms. The molecule has 204 valence electrons. The van der Waals surface area contributed by atoms with Gasteiger partial charge in [-0.25, -0.2) is 10.9 Å². The van der Waals surface area contributed by atoms with E-state index in [1.807, 2.05) is 6.07 Å². The molecule has 0 aliphatic carbocycles. The Labute approximate surface area is 222 Å². The fraction of sp³-hybridized carbons (Fsp3) is 0.517. The van der Waals surface area contributed by atoms with E-state index in [1.165, 1.54) is 22.3 Å². The van der Waals surface area contributed by atoms with Gasteiger partial charge in [-0.3, -0.25) is 9.59 Å². The molecular weight excluding hydrogens is 488 g/mol. The maximum atomic E-state index is 12.1. The Kier molecular flexibility index (Phi) is 9.80. The quantitative estimate of drug-likeness (QED) is 0.207. The maximum Gasteiger partial charge on any atom is 0.242 e. The van der Waals surface area contributed by atoms with E-state index in [1.54, 1.807) is 13.8 Å². The van der Waals surface area contributed by atoms with Gasteiger partial charge in [-0.05, 0) is 80.5 Å². The van der Waals surface area contributed by atoms with E-state index < -0.39 is 40.7 Å². The Balaban J connectivity index is 1.56. The molecule has 6 N–H and O–H groups in total. The van der Waals surface area contributed by atoms with Crippen molar-refractivity contribution in [3.63, 3.8) is 0 Å². The van der Waals surface area contributed by atoms with Gasteiger partial charge in [0.15, 0.2) is 0 Å². The summed E-state index contributed by atoms with van der Waals surface area (Å²) in [6.45, 7) is 5.28. The smallest absolute Gasteiger partial charge is 0.242 e. The molecule has 7 nitrogen and oxygen atoms in total. The number of aliphatic hydroxyl groups excluding tert-OH is 3. The third-order valence-corrected chi connectivity index (χ3v) is 9.84. The normalized spacial score (nSPS) is 25.0. The van der Waals surface area contributed by atoms with Crippen LogP contribution in [0.2, 0.25) is 0 Å². The van der Waals surface area contributed by atoms with Crippen molar-refractivity contribution in [3.05, 3.63) is 70.3 Å². The lowest BCUT2D eigenvalue weighted by atomic mass is 9.93. The molecule has 5 atom stereocenters. The molecule has 0 bridgehead atoms. The molecule has 0 spiro atoms. The van der Waals surface area contributed by atoms with Crippen molar-refractivity contribution in [1.29, 1.82) is 0 Å². The average Bonchev–Trinajstić information content (AvgIpc) is 2.83. The molecule has 1 aliphatic rings. The molecule has 1 aliphatic heterocycles. The second kappa shape index (κ2) is 12.4. The van der Waals surface area contributed by atoms with Crippen molar-refractivity contribution in [2.24, 2.45) is 5.73 Å². The molecule has 8 heteroatoms. The Hall–Kier alpha value is -2.39. The van der Waals surface area contributed by atoms with Crippen LogP contribution in [0, 0.1) is 6.92 Å². The molecule has 0 aromatic heterocycles. The number of nitrogens with one attached hydrogen (secondary N) is 1. The first-order chi connectivity index (χ1) is 17.4. The zero-order valence-electron chi connectivity index (χ0n) is 22.3. The second-order valence-corrected chi connectivity index (χ2v) is 13.3. The van der Waals surface area contributed by atoms with Gasteiger partial charge in [0.2, 0.25) is 11.8 Å². The molecule has 2 amide bonds. The number of aryl methyl sites for hydroxylation is 2. The van der Waals surface area contributed by atoms with Gasteiger partial charge in [0.25, 0.3) is 0 Å². The Bertz CT molecular complexity index is 1090. The number of carbonyl (C=O) groups excluding carboxylic acids is 2. The van der Waals surface area contributed by atoms with Gasteiger partial charge >= 0.3 is 0 Å². The van der Waals surface area contributed by atoms with Crippen molar-refractivity contribution in [1.82, 2.24) is 5.32 Å². The van der Waals surface area contributed by atoms with Crippen LogP contribution in [0.25, 0.3) is 0 Å². The van der Waals surface area contributed by atoms with Gasteiger partial charge in [-0.1, -0.05) is 42.5 Å². The number of aliphatic hydroxyl groups is 3. The standard InChI is InChI=1S/C29H42N2O5S/c1-18-9-14-21(27-26(35)25(34)23(32)17-37(27)4)16-22(18)15-20-12-10-19(11-13-20)7-5-6-8-24(33)31-29(2,3)28(30)36/h9-14,16,23,25-27,32,34-35,37H,5-8,15,17H2,1-4H3,(H2,30,36)(H,31,33)/t23-,25-,26-,27+/m1/s1. The molecule has 0 radical (unpaired) electrons. The molecule has 2 aromatic rings. The van der Waals surface area contributed by atoms with Crippen LogP contribution >= 0.6 is 10.9 Å². The molecular formula is C29H42N2O5S. The number of carbonyl (C=O) groups is 2. The van der Waals surface area contributed by atoms with Crippen LogP contribution in [0.1, 0.15) is 66.2 Å². The molecule has 0 saturated carbocycles. The summed E-state index contributed by atoms with van der Waals surface area (Å²) in [5.41, 5.74) is 10.0. The van der Waals surface area contributed by atoms with Crippen molar-refractivity contribution in [2.45, 2.75) is 82.0 Å². The van der Waals surface area contributed by atoms with Gasteiger partial charge in [-0.15, -0.1) is 0 Å². The first-order valence-electron chi connectivity index (χ1n) is 12.9. The van der Waals surface area contributed by atoms with E-state index in [0.717, 1.165) is 31.2 Å². The largest absolute Gasteiger partial charge is 0.390 e. The number of unbranched alkanes of at least 4 members (excludes halogenated alkanes) is 1. The minimum absolute atomic E-state index is 0.154. The summed E-state index contributed by atoms with van der Waals surface area (Å²) < 4.78 is 0. The molecule has 1 fully saturated rings. The second-order valence-electron chi connectivity index (χ2n) is 10.9. The van der Waals surface area contributed by atoms with Crippen molar-refractivity contribution >= 4 is 22.7 Å². The lowest BCUT2D eigenvalue weighted by molar-refractivity contribution is -0.130. The molecule has 2 aromatic carbocycles. The monoisotopic (exact) mass is 530 g/mol. The van der Waals surface area contributed by atoms with Gasteiger partial charge in [0, 0.05) is 17.4 Å². The van der Waals surface area contributed by atoms with E-state index in [9.17, 15) is 24.9 Å². The zero-order chi connectivity index (χ0) is 27.3. The number of hydrogen-bond donors (Lipinski definition) is 6. The molecule has 1 saturated heterocycles. The Morgan fingerprint density at radius 1 is 1.03 bits per heavy atom. The summed E-state index contributed by atoms with van der Waals surface area (Å²) in [4.78, 5) is 23.4. The number of thiol groups is 1. The van der Waals surface area contributed by atoms with Crippen molar-refractivity contribution < 1.29 is 24.9 Å². The van der Waals surface area contributed by atoms with Gasteiger partial charge in [0.1, 0.15) is 11.6 Å². The Morgan fingerprint density at radius 2 is 1.68 bits per heavy atom. The minimum atomic E-state index is -1.11. The van der Waals surface area contributed by atoms with Gasteiger partial charge in [0.05, 0.1) is 12.2 Å². The van der Waals surface area contributed by atoms with E-state index in [0.29, 0.717) is 12.2 Å². The van der Waals surface area contributed by atoms with Gasteiger partial charge in [-0.2, -0.15) is 0 Å². The van der Waals surface area contributed by atoms with Crippen LogP contribution in [-0.2, 0) is 22.4 Å². The number of primary amides is 1. The highest BCUT2D eigenvalue weighted by Gasteiger charge is 2.40. The fourth-order valence-corrected chi connectivity index (χ4v) is 7.24. The lowest BCUT2D eigenvalue weighted by Gasteiger charge is -2.42. The third-order valence-electron chi connectivity index (χ3n) is 7.34. The van der Waals surface area contributed by atoms with Crippen LogP contribution < -0.4 is 11.1 Å². The maximum absolute atomic E-state index is 12.1. The number of hydrogen-bond acceptors (Lipinski definition) is 5. The van der Waals surface area contributed by atoms with Crippen LogP contribution in [0.4, 0.5) is 0 Å². The van der Waals surface area contributed by atoms with Crippen molar-refractivity contribution in [3.8, 4) is 0 Å². The topological polar surface area (TPSA) is 133 Å². The highest BCUT2D eigenvalue weighted by molar-refractivity contribution is 8.16. The SMILES string of the molecule is Cc1ccc([C@H]2[C@H](O)[C@H](O)[C@H](O)C[SH]2C)cc1Cc1ccc(CCCCC(=O)NC(C)(C)C(N)=O)cc1. The fourth-order valence-electron chi connectivity index (χ4n) is 4.84. The van der Waals surface area contributed by atoms with Gasteiger partial charge < -0.3 is 26.4 Å². The summed E-state index contributed by atoms with van der Waals surface area (Å²) in [5, 5.41) is 33.4. The molecule has 1 unspecified atom stereocenters. The van der Waals surface area contributed by atoms with E-state index in [2.05, 4.69) is 54.9 Å². The zero-order valence-corrected chi connectivity index (χ0v) is 23.2. The predicted octanol–water partition coefficient (Wildman–Crippen LogP) is 2.45. The summed E-state index contributed by atoms with van der Waals surface area (Å²) >= 11 is 0. The number of rotatable bonds is 10. The van der Waals surface area contributed by atoms with Crippen LogP contribution in [0.3, 0.4) is 0 Å². The lowest BCUT2D eigenvalue weighted by Crippen LogP contribution is -2.52. The summed E-state index contributed by atoms with van der Waals surface area (Å²) in [7, 11) is -0.650. The summed E-state index contributed by atoms with van der Waals surface area (Å²) in [5.74, 6) is -0.193. The van der Waals surface area contributed by atoms with E-state index in [4.69, 9.17) is 5.73 Å². The first kappa shape index (κ1) is 29.2. The van der Waals surface area contributed by atoms with E-state index in [-0.39, 0.29) is 11.2 Å². The predicted molar refractivity (Wildman–Crippen MR) is 150 cm³/mol. The highest BCUT2D eigenvalue weighted by atomic mass is 32.2. The number of amides is 2. The first-order valence-corrected chi connectivity index (χ1v) is 15.0. The van der Waals surface area contributed by atoms with E-state index >= 15 is 0 Å². The Morgan fingerprint density at radius 3 is 2.32 bits per heavy atom. The average molecular weight is 531 g/mol. The third kappa shape index (κ3) is 7.57. The van der Waals surface area contributed by atoms with Crippen LogP contribution in [0.15, 0.2) is 42.5 Å². The summed E-state index contributed by atoms with van der Waals surface area (Å²) in [6.07, 6.45) is 2.73. The molecule has 3 rings (SSSR count).